The SMILES string of the molecule is CC(C)N(C(=O)c1cccc(F)c1)C1CC1. The molecule has 1 aromatic carbocycles. The van der Waals surface area contributed by atoms with E-state index >= 15 is 0 Å². The van der Waals surface area contributed by atoms with Crippen molar-refractivity contribution in [3.05, 3.63) is 35.6 Å². The Morgan fingerprint density at radius 1 is 1.44 bits per heavy atom. The van der Waals surface area contributed by atoms with Crippen LogP contribution in [0.2, 0.25) is 0 Å². The van der Waals surface area contributed by atoms with Crippen molar-refractivity contribution in [2.24, 2.45) is 0 Å². The second kappa shape index (κ2) is 4.24. The molecule has 1 aliphatic rings. The van der Waals surface area contributed by atoms with Crippen LogP contribution in [-0.4, -0.2) is 22.9 Å². The van der Waals surface area contributed by atoms with Crippen LogP contribution in [0.1, 0.15) is 37.0 Å². The van der Waals surface area contributed by atoms with Crippen LogP contribution in [0.4, 0.5) is 4.39 Å². The first-order chi connectivity index (χ1) is 7.59. The Morgan fingerprint density at radius 3 is 2.62 bits per heavy atom. The van der Waals surface area contributed by atoms with Gasteiger partial charge in [-0.3, -0.25) is 4.79 Å². The predicted molar refractivity (Wildman–Crippen MR) is 60.7 cm³/mol. The highest BCUT2D eigenvalue weighted by molar-refractivity contribution is 5.94. The van der Waals surface area contributed by atoms with E-state index in [2.05, 4.69) is 0 Å². The summed E-state index contributed by atoms with van der Waals surface area (Å²) in [6.07, 6.45) is 2.14. The fourth-order valence-corrected chi connectivity index (χ4v) is 1.95. The molecule has 0 radical (unpaired) electrons. The summed E-state index contributed by atoms with van der Waals surface area (Å²) < 4.78 is 13.0. The number of hydrogen-bond donors (Lipinski definition) is 0. The molecule has 0 spiro atoms. The first-order valence-electron chi connectivity index (χ1n) is 5.68. The summed E-state index contributed by atoms with van der Waals surface area (Å²) in [5.74, 6) is -0.414. The minimum atomic E-state index is -0.356. The maximum absolute atomic E-state index is 13.0. The number of halogens is 1. The molecule has 3 heteroatoms. The van der Waals surface area contributed by atoms with Crippen LogP contribution in [0, 0.1) is 5.82 Å². The molecule has 1 amide bonds. The number of carbonyl (C=O) groups is 1. The number of carbonyl (C=O) groups excluding carboxylic acids is 1. The van der Waals surface area contributed by atoms with Gasteiger partial charge in [-0.1, -0.05) is 6.07 Å². The summed E-state index contributed by atoms with van der Waals surface area (Å²) in [5.41, 5.74) is 0.445. The fraction of sp³-hybridized carbons (Fsp3) is 0.462. The van der Waals surface area contributed by atoms with Crippen LogP contribution >= 0.6 is 0 Å². The van der Waals surface area contributed by atoms with Crippen LogP contribution < -0.4 is 0 Å². The van der Waals surface area contributed by atoms with Crippen LogP contribution in [0.15, 0.2) is 24.3 Å². The molecule has 0 atom stereocenters. The highest BCUT2D eigenvalue weighted by atomic mass is 19.1. The van der Waals surface area contributed by atoms with Gasteiger partial charge in [-0.15, -0.1) is 0 Å². The molecule has 0 aliphatic heterocycles. The van der Waals surface area contributed by atoms with Gasteiger partial charge >= 0.3 is 0 Å². The minimum absolute atomic E-state index is 0.0583. The quantitative estimate of drug-likeness (QED) is 0.768. The van der Waals surface area contributed by atoms with Crippen LogP contribution in [0.3, 0.4) is 0 Å². The van der Waals surface area contributed by atoms with Crippen molar-refractivity contribution in [3.8, 4) is 0 Å². The molecule has 0 N–H and O–H groups in total. The molecule has 1 aromatic rings. The topological polar surface area (TPSA) is 20.3 Å². The summed E-state index contributed by atoms with van der Waals surface area (Å²) in [6.45, 7) is 3.99. The van der Waals surface area contributed by atoms with Crippen LogP contribution in [-0.2, 0) is 0 Å². The molecule has 0 saturated heterocycles. The summed E-state index contributed by atoms with van der Waals surface area (Å²) >= 11 is 0. The van der Waals surface area contributed by atoms with Crippen molar-refractivity contribution in [1.82, 2.24) is 4.90 Å². The van der Waals surface area contributed by atoms with Gasteiger partial charge in [0.15, 0.2) is 0 Å². The lowest BCUT2D eigenvalue weighted by Crippen LogP contribution is -2.38. The van der Waals surface area contributed by atoms with Crippen molar-refractivity contribution in [2.45, 2.75) is 38.8 Å². The molecule has 86 valence electrons. The van der Waals surface area contributed by atoms with E-state index < -0.39 is 0 Å². The molecular formula is C13H16FNO. The van der Waals surface area contributed by atoms with Crippen LogP contribution in [0.5, 0.6) is 0 Å². The van der Waals surface area contributed by atoms with Gasteiger partial charge in [-0.05, 0) is 44.9 Å². The number of amides is 1. The zero-order valence-electron chi connectivity index (χ0n) is 9.61. The minimum Gasteiger partial charge on any atom is -0.333 e. The number of nitrogens with zero attached hydrogens (tertiary/aromatic N) is 1. The van der Waals surface area contributed by atoms with Crippen molar-refractivity contribution >= 4 is 5.91 Å². The molecule has 16 heavy (non-hydrogen) atoms. The van der Waals surface area contributed by atoms with Crippen molar-refractivity contribution in [1.29, 1.82) is 0 Å². The third-order valence-corrected chi connectivity index (χ3v) is 2.80. The first-order valence-corrected chi connectivity index (χ1v) is 5.68. The van der Waals surface area contributed by atoms with Gasteiger partial charge in [0.25, 0.3) is 5.91 Å². The fourth-order valence-electron chi connectivity index (χ4n) is 1.95. The largest absolute Gasteiger partial charge is 0.333 e. The molecule has 0 bridgehead atoms. The standard InChI is InChI=1S/C13H16FNO/c1-9(2)15(12-6-7-12)13(16)10-4-3-5-11(14)8-10/h3-5,8-9,12H,6-7H2,1-2H3. The zero-order chi connectivity index (χ0) is 11.7. The summed E-state index contributed by atoms with van der Waals surface area (Å²) in [6, 6.07) is 6.43. The number of rotatable bonds is 3. The lowest BCUT2D eigenvalue weighted by Gasteiger charge is -2.26. The van der Waals surface area contributed by atoms with E-state index in [0.717, 1.165) is 12.8 Å². The maximum Gasteiger partial charge on any atom is 0.254 e. The van der Waals surface area contributed by atoms with Gasteiger partial charge in [0, 0.05) is 17.6 Å². The Labute approximate surface area is 95.1 Å². The lowest BCUT2D eigenvalue weighted by molar-refractivity contribution is 0.0689. The molecule has 1 aliphatic carbocycles. The van der Waals surface area contributed by atoms with Gasteiger partial charge in [0.1, 0.15) is 5.82 Å². The van der Waals surface area contributed by atoms with Crippen LogP contribution in [0.25, 0.3) is 0 Å². The average Bonchev–Trinajstić information content (AvgIpc) is 3.01. The molecule has 2 rings (SSSR count). The van der Waals surface area contributed by atoms with E-state index in [4.69, 9.17) is 0 Å². The maximum atomic E-state index is 13.0. The van der Waals surface area contributed by atoms with E-state index in [9.17, 15) is 9.18 Å². The van der Waals surface area contributed by atoms with Gasteiger partial charge < -0.3 is 4.90 Å². The van der Waals surface area contributed by atoms with Gasteiger partial charge in [-0.2, -0.15) is 0 Å². The molecular weight excluding hydrogens is 205 g/mol. The van der Waals surface area contributed by atoms with E-state index in [1.54, 1.807) is 12.1 Å². The van der Waals surface area contributed by atoms with Gasteiger partial charge in [-0.25, -0.2) is 4.39 Å². The van der Waals surface area contributed by atoms with E-state index in [1.165, 1.54) is 12.1 Å². The molecule has 0 aromatic heterocycles. The Balaban J connectivity index is 2.22. The van der Waals surface area contributed by atoms with E-state index in [0.29, 0.717) is 11.6 Å². The Kier molecular flexibility index (Phi) is 2.95. The number of hydrogen-bond acceptors (Lipinski definition) is 1. The third kappa shape index (κ3) is 2.23. The molecule has 0 heterocycles. The smallest absolute Gasteiger partial charge is 0.254 e. The van der Waals surface area contributed by atoms with Gasteiger partial charge in [0.2, 0.25) is 0 Å². The lowest BCUT2D eigenvalue weighted by atomic mass is 10.1. The Morgan fingerprint density at radius 2 is 2.12 bits per heavy atom. The second-order valence-electron chi connectivity index (χ2n) is 4.55. The molecule has 1 fully saturated rings. The van der Waals surface area contributed by atoms with E-state index in [1.807, 2.05) is 18.7 Å². The second-order valence-corrected chi connectivity index (χ2v) is 4.55. The highest BCUT2D eigenvalue weighted by Gasteiger charge is 2.34. The summed E-state index contributed by atoms with van der Waals surface area (Å²) in [4.78, 5) is 14.0. The first kappa shape index (κ1) is 11.1. The van der Waals surface area contributed by atoms with Crippen molar-refractivity contribution in [2.75, 3.05) is 0 Å². The van der Waals surface area contributed by atoms with Crippen molar-refractivity contribution < 1.29 is 9.18 Å². The zero-order valence-corrected chi connectivity index (χ0v) is 9.61. The Hall–Kier alpha value is -1.38. The van der Waals surface area contributed by atoms with Crippen molar-refractivity contribution in [3.63, 3.8) is 0 Å². The molecule has 0 unspecified atom stereocenters. The Bertz CT molecular complexity index is 397. The van der Waals surface area contributed by atoms with E-state index in [-0.39, 0.29) is 17.8 Å². The molecule has 1 saturated carbocycles. The van der Waals surface area contributed by atoms with Gasteiger partial charge in [0.05, 0.1) is 0 Å². The summed E-state index contributed by atoms with van der Waals surface area (Å²) in [5, 5.41) is 0. The molecule has 2 nitrogen and oxygen atoms in total. The predicted octanol–water partition coefficient (Wildman–Crippen LogP) is 2.84. The monoisotopic (exact) mass is 221 g/mol. The normalized spacial score (nSPS) is 15.2. The third-order valence-electron chi connectivity index (χ3n) is 2.80. The summed E-state index contributed by atoms with van der Waals surface area (Å²) in [7, 11) is 0. The number of benzene rings is 1. The highest BCUT2D eigenvalue weighted by Crippen LogP contribution is 2.30. The average molecular weight is 221 g/mol.